The molecule has 19 heavy (non-hydrogen) atoms. The second kappa shape index (κ2) is 6.83. The molecule has 0 saturated heterocycles. The summed E-state index contributed by atoms with van der Waals surface area (Å²) >= 11 is 0. The van der Waals surface area contributed by atoms with Crippen molar-refractivity contribution in [1.82, 2.24) is 5.32 Å². The summed E-state index contributed by atoms with van der Waals surface area (Å²) in [4.78, 5) is 12.1. The third-order valence-electron chi connectivity index (χ3n) is 3.18. The number of unbranched alkanes of at least 4 members (excludes halogenated alkanes) is 1. The molecule has 0 fully saturated rings. The predicted octanol–water partition coefficient (Wildman–Crippen LogP) is 1.93. The Morgan fingerprint density at radius 2 is 2.21 bits per heavy atom. The molecule has 1 atom stereocenters. The molecule has 5 nitrogen and oxygen atoms in total. The van der Waals surface area contributed by atoms with Gasteiger partial charge in [-0.2, -0.15) is 5.26 Å². The lowest BCUT2D eigenvalue weighted by atomic mass is 9.83. The van der Waals surface area contributed by atoms with Crippen molar-refractivity contribution in [2.45, 2.75) is 40.0 Å². The van der Waals surface area contributed by atoms with E-state index in [-0.39, 0.29) is 11.9 Å². The molecule has 1 unspecified atom stereocenters. The zero-order valence-electron chi connectivity index (χ0n) is 11.7. The fourth-order valence-electron chi connectivity index (χ4n) is 2.27. The summed E-state index contributed by atoms with van der Waals surface area (Å²) in [6.45, 7) is 5.94. The summed E-state index contributed by atoms with van der Waals surface area (Å²) in [6, 6.07) is 2.11. The Kier molecular flexibility index (Phi) is 5.43. The van der Waals surface area contributed by atoms with Crippen molar-refractivity contribution in [3.05, 3.63) is 22.7 Å². The number of allylic oxidation sites excluding steroid dienone is 2. The SMILES string of the molecule is CCCCC1C(C#N)=C(N)NC(C)=C1C(=O)OCC. The van der Waals surface area contributed by atoms with Crippen molar-refractivity contribution in [3.63, 3.8) is 0 Å². The molecule has 0 aromatic heterocycles. The molecule has 0 amide bonds. The van der Waals surface area contributed by atoms with Crippen molar-refractivity contribution >= 4 is 5.97 Å². The second-order valence-electron chi connectivity index (χ2n) is 4.52. The Hall–Kier alpha value is -1.96. The largest absolute Gasteiger partial charge is 0.463 e. The van der Waals surface area contributed by atoms with Gasteiger partial charge in [0.1, 0.15) is 5.82 Å². The van der Waals surface area contributed by atoms with Gasteiger partial charge >= 0.3 is 5.97 Å². The lowest BCUT2D eigenvalue weighted by Crippen LogP contribution is -2.33. The summed E-state index contributed by atoms with van der Waals surface area (Å²) in [5, 5.41) is 12.1. The number of hydrogen-bond donors (Lipinski definition) is 2. The van der Waals surface area contributed by atoms with Crippen LogP contribution in [0.4, 0.5) is 0 Å². The quantitative estimate of drug-likeness (QED) is 0.740. The van der Waals surface area contributed by atoms with Gasteiger partial charge < -0.3 is 15.8 Å². The smallest absolute Gasteiger partial charge is 0.336 e. The van der Waals surface area contributed by atoms with Crippen LogP contribution in [0.25, 0.3) is 0 Å². The predicted molar refractivity (Wildman–Crippen MR) is 72.3 cm³/mol. The third-order valence-corrected chi connectivity index (χ3v) is 3.18. The van der Waals surface area contributed by atoms with Gasteiger partial charge in [0, 0.05) is 11.6 Å². The third kappa shape index (κ3) is 3.28. The van der Waals surface area contributed by atoms with Gasteiger partial charge in [-0.15, -0.1) is 0 Å². The molecule has 0 spiro atoms. The second-order valence-corrected chi connectivity index (χ2v) is 4.52. The standard InChI is InChI=1S/C14H21N3O2/c1-4-6-7-10-11(8-15)13(16)17-9(3)12(10)14(18)19-5-2/h10,17H,4-7,16H2,1-3H3. The molecule has 104 valence electrons. The number of hydrogen-bond acceptors (Lipinski definition) is 5. The maximum Gasteiger partial charge on any atom is 0.336 e. The van der Waals surface area contributed by atoms with E-state index in [0.717, 1.165) is 19.3 Å². The highest BCUT2D eigenvalue weighted by atomic mass is 16.5. The summed E-state index contributed by atoms with van der Waals surface area (Å²) < 4.78 is 5.08. The van der Waals surface area contributed by atoms with Crippen LogP contribution in [0, 0.1) is 17.2 Å². The minimum atomic E-state index is -0.367. The zero-order chi connectivity index (χ0) is 14.4. The molecule has 0 aromatic carbocycles. The van der Waals surface area contributed by atoms with Crippen LogP contribution in [0.5, 0.6) is 0 Å². The Morgan fingerprint density at radius 3 is 2.74 bits per heavy atom. The molecule has 1 rings (SSSR count). The summed E-state index contributed by atoms with van der Waals surface area (Å²) in [5.41, 5.74) is 7.48. The molecular weight excluding hydrogens is 242 g/mol. The maximum atomic E-state index is 12.1. The number of nitrogens with one attached hydrogen (secondary N) is 1. The molecule has 1 heterocycles. The number of nitrogens with two attached hydrogens (primary N) is 1. The van der Waals surface area contributed by atoms with Gasteiger partial charge in [-0.3, -0.25) is 0 Å². The lowest BCUT2D eigenvalue weighted by molar-refractivity contribution is -0.139. The van der Waals surface area contributed by atoms with Crippen LogP contribution in [0.2, 0.25) is 0 Å². The molecule has 0 radical (unpaired) electrons. The van der Waals surface area contributed by atoms with E-state index in [9.17, 15) is 10.1 Å². The van der Waals surface area contributed by atoms with Crippen LogP contribution in [-0.4, -0.2) is 12.6 Å². The van der Waals surface area contributed by atoms with Gasteiger partial charge in [-0.05, 0) is 20.3 Å². The van der Waals surface area contributed by atoms with Crippen molar-refractivity contribution in [2.24, 2.45) is 11.7 Å². The van der Waals surface area contributed by atoms with Gasteiger partial charge in [0.15, 0.2) is 0 Å². The van der Waals surface area contributed by atoms with E-state index >= 15 is 0 Å². The molecule has 0 aromatic rings. The molecule has 0 aliphatic carbocycles. The average molecular weight is 263 g/mol. The first kappa shape index (κ1) is 15.1. The fraction of sp³-hybridized carbons (Fsp3) is 0.571. The number of esters is 1. The first-order valence-corrected chi connectivity index (χ1v) is 6.61. The Bertz CT molecular complexity index is 458. The van der Waals surface area contributed by atoms with E-state index in [0.29, 0.717) is 29.3 Å². The highest BCUT2D eigenvalue weighted by molar-refractivity contribution is 5.91. The van der Waals surface area contributed by atoms with Crippen LogP contribution >= 0.6 is 0 Å². The maximum absolute atomic E-state index is 12.1. The lowest BCUT2D eigenvalue weighted by Gasteiger charge is -2.27. The van der Waals surface area contributed by atoms with Crippen LogP contribution in [0.15, 0.2) is 22.7 Å². The van der Waals surface area contributed by atoms with Gasteiger partial charge in [0.05, 0.1) is 23.8 Å². The van der Waals surface area contributed by atoms with E-state index in [1.165, 1.54) is 0 Å². The number of carbonyl (C=O) groups excluding carboxylic acids is 1. The van der Waals surface area contributed by atoms with E-state index < -0.39 is 0 Å². The van der Waals surface area contributed by atoms with Gasteiger partial charge in [0.2, 0.25) is 0 Å². The summed E-state index contributed by atoms with van der Waals surface area (Å²) in [7, 11) is 0. The average Bonchev–Trinajstić information content (AvgIpc) is 2.36. The Morgan fingerprint density at radius 1 is 1.53 bits per heavy atom. The molecule has 0 bridgehead atoms. The first-order valence-electron chi connectivity index (χ1n) is 6.61. The van der Waals surface area contributed by atoms with Gasteiger partial charge in [-0.25, -0.2) is 4.79 Å². The normalized spacial score (nSPS) is 18.9. The van der Waals surface area contributed by atoms with Crippen molar-refractivity contribution < 1.29 is 9.53 Å². The minimum absolute atomic E-state index is 0.259. The minimum Gasteiger partial charge on any atom is -0.463 e. The molecule has 0 saturated carbocycles. The fourth-order valence-corrected chi connectivity index (χ4v) is 2.27. The number of nitrogens with zero attached hydrogens (tertiary/aromatic N) is 1. The van der Waals surface area contributed by atoms with Crippen LogP contribution in [-0.2, 0) is 9.53 Å². The number of nitriles is 1. The number of dihydropyridines is 1. The highest BCUT2D eigenvalue weighted by Gasteiger charge is 2.32. The van der Waals surface area contributed by atoms with E-state index in [4.69, 9.17) is 10.5 Å². The van der Waals surface area contributed by atoms with Gasteiger partial charge in [0.25, 0.3) is 0 Å². The highest BCUT2D eigenvalue weighted by Crippen LogP contribution is 2.32. The molecule has 1 aliphatic rings. The van der Waals surface area contributed by atoms with Crippen LogP contribution in [0.1, 0.15) is 40.0 Å². The summed E-state index contributed by atoms with van der Waals surface area (Å²) in [5.74, 6) is -0.284. The van der Waals surface area contributed by atoms with Crippen molar-refractivity contribution in [1.29, 1.82) is 5.26 Å². The first-order chi connectivity index (χ1) is 9.06. The van der Waals surface area contributed by atoms with Gasteiger partial charge in [-0.1, -0.05) is 19.8 Å². The van der Waals surface area contributed by atoms with Crippen molar-refractivity contribution in [3.8, 4) is 6.07 Å². The van der Waals surface area contributed by atoms with Crippen LogP contribution < -0.4 is 11.1 Å². The van der Waals surface area contributed by atoms with Crippen molar-refractivity contribution in [2.75, 3.05) is 6.61 Å². The molecular formula is C14H21N3O2. The molecule has 5 heteroatoms. The number of carbonyl (C=O) groups is 1. The number of rotatable bonds is 5. The molecule has 3 N–H and O–H groups in total. The van der Waals surface area contributed by atoms with E-state index in [1.54, 1.807) is 13.8 Å². The topological polar surface area (TPSA) is 88.1 Å². The Labute approximate surface area is 114 Å². The van der Waals surface area contributed by atoms with Crippen LogP contribution in [0.3, 0.4) is 0 Å². The monoisotopic (exact) mass is 263 g/mol. The van der Waals surface area contributed by atoms with E-state index in [2.05, 4.69) is 18.3 Å². The number of ether oxygens (including phenoxy) is 1. The Balaban J connectivity index is 3.12. The van der Waals surface area contributed by atoms with E-state index in [1.807, 2.05) is 0 Å². The molecule has 1 aliphatic heterocycles. The summed E-state index contributed by atoms with van der Waals surface area (Å²) in [6.07, 6.45) is 2.66. The zero-order valence-corrected chi connectivity index (χ0v) is 11.7.